The van der Waals surface area contributed by atoms with Gasteiger partial charge in [0, 0.05) is 13.1 Å². The summed E-state index contributed by atoms with van der Waals surface area (Å²) in [7, 11) is 1.65. The molecule has 2 N–H and O–H groups in total. The van der Waals surface area contributed by atoms with Gasteiger partial charge in [0.05, 0.1) is 12.4 Å². The molecular formula is C17H24N4O2S2. The SMILES string of the molecule is CCCNc1nnc(SC(C)C(=O)NCCc2ccc(OC)cc2)s1. The van der Waals surface area contributed by atoms with E-state index in [1.54, 1.807) is 7.11 Å². The zero-order valence-corrected chi connectivity index (χ0v) is 16.4. The number of carbonyl (C=O) groups is 1. The summed E-state index contributed by atoms with van der Waals surface area (Å²) in [6, 6.07) is 7.87. The van der Waals surface area contributed by atoms with Crippen LogP contribution in [-0.4, -0.2) is 41.6 Å². The van der Waals surface area contributed by atoms with Crippen molar-refractivity contribution in [3.63, 3.8) is 0 Å². The zero-order chi connectivity index (χ0) is 18.1. The first-order valence-corrected chi connectivity index (χ1v) is 9.96. The molecule has 2 rings (SSSR count). The van der Waals surface area contributed by atoms with E-state index in [1.165, 1.54) is 23.1 Å². The third-order valence-corrected chi connectivity index (χ3v) is 5.52. The average Bonchev–Trinajstić information content (AvgIpc) is 3.07. The molecule has 6 nitrogen and oxygen atoms in total. The van der Waals surface area contributed by atoms with Crippen molar-refractivity contribution in [2.45, 2.75) is 36.3 Å². The molecule has 0 radical (unpaired) electrons. The van der Waals surface area contributed by atoms with E-state index in [1.807, 2.05) is 31.2 Å². The summed E-state index contributed by atoms with van der Waals surface area (Å²) in [5, 5.41) is 15.0. The first-order chi connectivity index (χ1) is 12.1. The summed E-state index contributed by atoms with van der Waals surface area (Å²) < 4.78 is 5.94. The topological polar surface area (TPSA) is 76.1 Å². The molecule has 0 aliphatic carbocycles. The van der Waals surface area contributed by atoms with Crippen LogP contribution in [0.25, 0.3) is 0 Å². The second-order valence-electron chi connectivity index (χ2n) is 5.45. The Kier molecular flexibility index (Phi) is 8.00. The first-order valence-electron chi connectivity index (χ1n) is 8.27. The van der Waals surface area contributed by atoms with Gasteiger partial charge >= 0.3 is 0 Å². The van der Waals surface area contributed by atoms with Crippen molar-refractivity contribution >= 4 is 34.1 Å². The summed E-state index contributed by atoms with van der Waals surface area (Å²) in [6.07, 6.45) is 1.83. The highest BCUT2D eigenvalue weighted by molar-refractivity contribution is 8.02. The van der Waals surface area contributed by atoms with E-state index >= 15 is 0 Å². The number of nitrogens with zero attached hydrogens (tertiary/aromatic N) is 2. The fourth-order valence-corrected chi connectivity index (χ4v) is 3.98. The molecule has 0 bridgehead atoms. The van der Waals surface area contributed by atoms with Gasteiger partial charge in [0.25, 0.3) is 0 Å². The van der Waals surface area contributed by atoms with Crippen LogP contribution in [0, 0.1) is 0 Å². The number of anilines is 1. The van der Waals surface area contributed by atoms with Crippen LogP contribution in [0.15, 0.2) is 28.6 Å². The van der Waals surface area contributed by atoms with Crippen LogP contribution in [-0.2, 0) is 11.2 Å². The lowest BCUT2D eigenvalue weighted by molar-refractivity contribution is -0.120. The van der Waals surface area contributed by atoms with Crippen LogP contribution in [0.4, 0.5) is 5.13 Å². The van der Waals surface area contributed by atoms with Crippen LogP contribution in [0.2, 0.25) is 0 Å². The number of rotatable bonds is 10. The smallest absolute Gasteiger partial charge is 0.233 e. The highest BCUT2D eigenvalue weighted by Crippen LogP contribution is 2.28. The lowest BCUT2D eigenvalue weighted by atomic mass is 10.1. The Morgan fingerprint density at radius 1 is 1.28 bits per heavy atom. The largest absolute Gasteiger partial charge is 0.497 e. The molecule has 1 unspecified atom stereocenters. The fraction of sp³-hybridized carbons (Fsp3) is 0.471. The molecule has 1 aromatic heterocycles. The maximum absolute atomic E-state index is 12.2. The zero-order valence-electron chi connectivity index (χ0n) is 14.7. The summed E-state index contributed by atoms with van der Waals surface area (Å²) in [5.74, 6) is 0.847. The Hall–Kier alpha value is -1.80. The van der Waals surface area contributed by atoms with Crippen molar-refractivity contribution in [1.82, 2.24) is 15.5 Å². The van der Waals surface area contributed by atoms with E-state index in [-0.39, 0.29) is 11.2 Å². The Balaban J connectivity index is 1.73. The van der Waals surface area contributed by atoms with E-state index in [0.29, 0.717) is 6.54 Å². The fourth-order valence-electron chi connectivity index (χ4n) is 2.03. The van der Waals surface area contributed by atoms with E-state index < -0.39 is 0 Å². The number of thioether (sulfide) groups is 1. The molecular weight excluding hydrogens is 356 g/mol. The minimum Gasteiger partial charge on any atom is -0.497 e. The lowest BCUT2D eigenvalue weighted by Gasteiger charge is -2.10. The molecule has 1 amide bonds. The van der Waals surface area contributed by atoms with Gasteiger partial charge in [-0.1, -0.05) is 42.2 Å². The van der Waals surface area contributed by atoms with Gasteiger partial charge in [0.1, 0.15) is 5.75 Å². The van der Waals surface area contributed by atoms with Crippen molar-refractivity contribution in [2.24, 2.45) is 0 Å². The molecule has 0 aliphatic rings. The minimum atomic E-state index is -0.206. The number of ether oxygens (including phenoxy) is 1. The average molecular weight is 381 g/mol. The van der Waals surface area contributed by atoms with Crippen LogP contribution in [0.1, 0.15) is 25.8 Å². The summed E-state index contributed by atoms with van der Waals surface area (Å²) in [5.41, 5.74) is 1.16. The number of benzene rings is 1. The molecule has 0 aliphatic heterocycles. The predicted octanol–water partition coefficient (Wildman–Crippen LogP) is 3.21. The second kappa shape index (κ2) is 10.2. The molecule has 0 saturated carbocycles. The van der Waals surface area contributed by atoms with Crippen molar-refractivity contribution < 1.29 is 9.53 Å². The molecule has 136 valence electrons. The molecule has 0 spiro atoms. The summed E-state index contributed by atoms with van der Waals surface area (Å²) in [4.78, 5) is 12.2. The van der Waals surface area contributed by atoms with Gasteiger partial charge in [0.2, 0.25) is 11.0 Å². The van der Waals surface area contributed by atoms with E-state index in [0.717, 1.165) is 40.2 Å². The number of methoxy groups -OCH3 is 1. The number of amides is 1. The van der Waals surface area contributed by atoms with Gasteiger partial charge in [-0.05, 0) is 37.5 Å². The van der Waals surface area contributed by atoms with E-state index in [2.05, 4.69) is 27.8 Å². The molecule has 2 aromatic rings. The first kappa shape index (κ1) is 19.5. The highest BCUT2D eigenvalue weighted by Gasteiger charge is 2.16. The third-order valence-electron chi connectivity index (χ3n) is 3.45. The predicted molar refractivity (Wildman–Crippen MR) is 104 cm³/mol. The number of nitrogens with one attached hydrogen (secondary N) is 2. The van der Waals surface area contributed by atoms with Gasteiger partial charge in [-0.3, -0.25) is 4.79 Å². The Morgan fingerprint density at radius 3 is 2.72 bits per heavy atom. The molecule has 0 saturated heterocycles. The maximum atomic E-state index is 12.2. The van der Waals surface area contributed by atoms with Crippen molar-refractivity contribution in [2.75, 3.05) is 25.5 Å². The summed E-state index contributed by atoms with van der Waals surface area (Å²) in [6.45, 7) is 5.46. The molecule has 8 heteroatoms. The molecule has 1 aromatic carbocycles. The summed E-state index contributed by atoms with van der Waals surface area (Å²) >= 11 is 2.91. The minimum absolute atomic E-state index is 0.0109. The lowest BCUT2D eigenvalue weighted by Crippen LogP contribution is -2.32. The Labute approximate surface area is 156 Å². The van der Waals surface area contributed by atoms with Crippen LogP contribution in [0.3, 0.4) is 0 Å². The van der Waals surface area contributed by atoms with Gasteiger partial charge in [-0.25, -0.2) is 0 Å². The number of aromatic nitrogens is 2. The second-order valence-corrected chi connectivity index (χ2v) is 8.01. The van der Waals surface area contributed by atoms with Crippen LogP contribution in [0.5, 0.6) is 5.75 Å². The van der Waals surface area contributed by atoms with Crippen LogP contribution >= 0.6 is 23.1 Å². The number of hydrogen-bond acceptors (Lipinski definition) is 7. The Morgan fingerprint density at radius 2 is 2.04 bits per heavy atom. The monoisotopic (exact) mass is 380 g/mol. The van der Waals surface area contributed by atoms with Gasteiger partial charge in [-0.15, -0.1) is 10.2 Å². The standard InChI is InChI=1S/C17H24N4O2S2/c1-4-10-19-16-20-21-17(25-16)24-12(2)15(22)18-11-9-13-5-7-14(23-3)8-6-13/h5-8,12H,4,9-11H2,1-3H3,(H,18,22)(H,19,20). The highest BCUT2D eigenvalue weighted by atomic mass is 32.2. The van der Waals surface area contributed by atoms with Gasteiger partial charge in [-0.2, -0.15) is 0 Å². The quantitative estimate of drug-likeness (QED) is 0.617. The molecule has 1 atom stereocenters. The number of carbonyl (C=O) groups excluding carboxylic acids is 1. The van der Waals surface area contributed by atoms with E-state index in [9.17, 15) is 4.79 Å². The van der Waals surface area contributed by atoms with Crippen LogP contribution < -0.4 is 15.4 Å². The maximum Gasteiger partial charge on any atom is 0.233 e. The third kappa shape index (κ3) is 6.55. The normalized spacial score (nSPS) is 11.8. The van der Waals surface area contributed by atoms with Crippen molar-refractivity contribution in [3.05, 3.63) is 29.8 Å². The Bertz CT molecular complexity index is 661. The van der Waals surface area contributed by atoms with Crippen molar-refractivity contribution in [3.8, 4) is 5.75 Å². The van der Waals surface area contributed by atoms with E-state index in [4.69, 9.17) is 4.74 Å². The van der Waals surface area contributed by atoms with Gasteiger partial charge in [0.15, 0.2) is 4.34 Å². The number of hydrogen-bond donors (Lipinski definition) is 2. The van der Waals surface area contributed by atoms with Crippen molar-refractivity contribution in [1.29, 1.82) is 0 Å². The molecule has 25 heavy (non-hydrogen) atoms. The molecule has 1 heterocycles. The molecule has 0 fully saturated rings. The van der Waals surface area contributed by atoms with Gasteiger partial charge < -0.3 is 15.4 Å².